The molecule has 38 heavy (non-hydrogen) atoms. The predicted octanol–water partition coefficient (Wildman–Crippen LogP) is 5.54. The highest BCUT2D eigenvalue weighted by Crippen LogP contribution is 2.31. The fourth-order valence-corrected chi connectivity index (χ4v) is 5.56. The number of rotatable bonds is 8. The first-order valence-electron chi connectivity index (χ1n) is 12.6. The molecule has 0 spiro atoms. The summed E-state index contributed by atoms with van der Waals surface area (Å²) in [5, 5.41) is 16.6. The largest absolute Gasteiger partial charge is 0.338 e. The molecule has 3 heterocycles. The maximum Gasteiger partial charge on any atom is 0.317 e. The summed E-state index contributed by atoms with van der Waals surface area (Å²) in [6.45, 7) is 5.22. The van der Waals surface area contributed by atoms with Gasteiger partial charge in [0.15, 0.2) is 5.82 Å². The summed E-state index contributed by atoms with van der Waals surface area (Å²) in [7, 11) is 0. The summed E-state index contributed by atoms with van der Waals surface area (Å²) < 4.78 is 1.88. The highest BCUT2D eigenvalue weighted by molar-refractivity contribution is 6.42. The van der Waals surface area contributed by atoms with Crippen LogP contribution in [0.25, 0.3) is 11.4 Å². The molecule has 2 aliphatic rings. The van der Waals surface area contributed by atoms with E-state index in [1.807, 2.05) is 58.1 Å². The summed E-state index contributed by atoms with van der Waals surface area (Å²) in [5.74, 6) is 0.914. The quantitative estimate of drug-likeness (QED) is 0.367. The van der Waals surface area contributed by atoms with Gasteiger partial charge in [-0.1, -0.05) is 59.6 Å². The number of hydrogen-bond donors (Lipinski definition) is 1. The number of likely N-dealkylation sites (tertiary alicyclic amines) is 1. The molecule has 5 rings (SSSR count). The third-order valence-corrected chi connectivity index (χ3v) is 8.02. The highest BCUT2D eigenvalue weighted by atomic mass is 35.5. The van der Waals surface area contributed by atoms with Crippen LogP contribution in [0.2, 0.25) is 10.0 Å². The summed E-state index contributed by atoms with van der Waals surface area (Å²) >= 11 is 12.6. The Labute approximate surface area is 245 Å². The van der Waals surface area contributed by atoms with Crippen LogP contribution in [0.4, 0.5) is 4.79 Å². The average molecular weight is 601 g/mol. The van der Waals surface area contributed by atoms with E-state index in [-0.39, 0.29) is 36.8 Å². The van der Waals surface area contributed by atoms with Gasteiger partial charge < -0.3 is 15.1 Å². The molecule has 2 amide bonds. The molecule has 206 valence electrons. The zero-order chi connectivity index (χ0) is 24.9. The van der Waals surface area contributed by atoms with Gasteiger partial charge in [-0.15, -0.1) is 29.9 Å². The van der Waals surface area contributed by atoms with Gasteiger partial charge in [0.2, 0.25) is 0 Å². The van der Waals surface area contributed by atoms with Gasteiger partial charge in [0.05, 0.1) is 16.6 Å². The number of carbonyl (C=O) groups is 1. The molecule has 2 aliphatic heterocycles. The molecular formula is C26H33Cl4N7O. The first kappa shape index (κ1) is 30.4. The molecule has 0 unspecified atom stereocenters. The van der Waals surface area contributed by atoms with Crippen LogP contribution in [0.15, 0.2) is 48.5 Å². The number of nitrogens with one attached hydrogen (secondary N) is 1. The van der Waals surface area contributed by atoms with E-state index in [0.717, 1.165) is 75.4 Å². The van der Waals surface area contributed by atoms with Gasteiger partial charge in [-0.3, -0.25) is 0 Å². The van der Waals surface area contributed by atoms with E-state index < -0.39 is 0 Å². The number of nitrogens with zero attached hydrogens (tertiary/aromatic N) is 6. The minimum absolute atomic E-state index is 0. The van der Waals surface area contributed by atoms with E-state index in [4.69, 9.17) is 23.2 Å². The number of benzene rings is 2. The minimum atomic E-state index is 0. The second kappa shape index (κ2) is 14.3. The van der Waals surface area contributed by atoms with Gasteiger partial charge in [-0.2, -0.15) is 0 Å². The van der Waals surface area contributed by atoms with Crippen LogP contribution >= 0.6 is 48.0 Å². The minimum Gasteiger partial charge on any atom is -0.338 e. The van der Waals surface area contributed by atoms with Gasteiger partial charge >= 0.3 is 6.03 Å². The number of piperidine rings is 1. The third-order valence-electron chi connectivity index (χ3n) is 7.28. The molecule has 1 atom stereocenters. The lowest BCUT2D eigenvalue weighted by Gasteiger charge is -2.40. The first-order valence-corrected chi connectivity index (χ1v) is 13.4. The number of aromatic nitrogens is 4. The van der Waals surface area contributed by atoms with E-state index in [1.165, 1.54) is 0 Å². The van der Waals surface area contributed by atoms with Crippen LogP contribution in [0, 0.1) is 0 Å². The Morgan fingerprint density at radius 3 is 2.47 bits per heavy atom. The molecule has 1 N–H and O–H groups in total. The summed E-state index contributed by atoms with van der Waals surface area (Å²) in [6.07, 6.45) is 3.98. The highest BCUT2D eigenvalue weighted by Gasteiger charge is 2.29. The van der Waals surface area contributed by atoms with E-state index in [0.29, 0.717) is 22.6 Å². The molecule has 2 aromatic carbocycles. The smallest absolute Gasteiger partial charge is 0.317 e. The molecule has 2 saturated heterocycles. The van der Waals surface area contributed by atoms with E-state index in [1.54, 1.807) is 0 Å². The van der Waals surface area contributed by atoms with Crippen molar-refractivity contribution in [3.8, 4) is 11.4 Å². The van der Waals surface area contributed by atoms with E-state index in [9.17, 15) is 4.79 Å². The third kappa shape index (κ3) is 7.30. The Hall–Kier alpha value is -2.10. The Morgan fingerprint density at radius 1 is 1.00 bits per heavy atom. The predicted molar refractivity (Wildman–Crippen MR) is 156 cm³/mol. The second-order valence-corrected chi connectivity index (χ2v) is 10.4. The number of carbonyl (C=O) groups excluding carboxylic acids is 1. The maximum atomic E-state index is 12.2. The standard InChI is InChI=1S/C26H31Cl2N7O.2ClH/c27-23-8-7-20(17-24(23)28)21(18-35-25(30-31-32-35)19-5-2-1-3-6-19)9-14-33-15-10-22(11-16-33)34-13-4-12-29-26(34)36;;/h1-3,5-8,17,21-22H,4,9-16,18H2,(H,29,36);2*1H/t21-;;/m1../s1. The molecule has 8 nitrogen and oxygen atoms in total. The molecule has 3 aromatic rings. The fraction of sp³-hybridized carbons (Fsp3) is 0.462. The number of halogens is 4. The molecule has 0 radical (unpaired) electrons. The van der Waals surface area contributed by atoms with Gasteiger partial charge in [0.25, 0.3) is 0 Å². The lowest BCUT2D eigenvalue weighted by molar-refractivity contribution is 0.110. The molecule has 2 fully saturated rings. The monoisotopic (exact) mass is 599 g/mol. The van der Waals surface area contributed by atoms with Crippen LogP contribution in [-0.4, -0.2) is 74.8 Å². The van der Waals surface area contributed by atoms with Crippen molar-refractivity contribution in [3.05, 3.63) is 64.1 Å². The average Bonchev–Trinajstić information content (AvgIpc) is 3.38. The topological polar surface area (TPSA) is 79.2 Å². The molecular weight excluding hydrogens is 568 g/mol. The van der Waals surface area contributed by atoms with Crippen LogP contribution in [0.5, 0.6) is 0 Å². The van der Waals surface area contributed by atoms with Crippen molar-refractivity contribution in [2.24, 2.45) is 0 Å². The van der Waals surface area contributed by atoms with Gasteiger partial charge in [0, 0.05) is 43.7 Å². The Kier molecular flexibility index (Phi) is 11.5. The number of amides is 2. The van der Waals surface area contributed by atoms with Crippen LogP contribution < -0.4 is 5.32 Å². The van der Waals surface area contributed by atoms with Crippen molar-refractivity contribution in [1.82, 2.24) is 35.3 Å². The number of tetrazole rings is 1. The van der Waals surface area contributed by atoms with Crippen molar-refractivity contribution in [1.29, 1.82) is 0 Å². The summed E-state index contributed by atoms with van der Waals surface area (Å²) in [5.41, 5.74) is 2.11. The zero-order valence-electron chi connectivity index (χ0n) is 21.0. The van der Waals surface area contributed by atoms with Crippen molar-refractivity contribution in [2.45, 2.75) is 44.2 Å². The van der Waals surface area contributed by atoms with Crippen molar-refractivity contribution in [3.63, 3.8) is 0 Å². The summed E-state index contributed by atoms with van der Waals surface area (Å²) in [4.78, 5) is 16.8. The van der Waals surface area contributed by atoms with Gasteiger partial charge in [-0.25, -0.2) is 9.48 Å². The lowest BCUT2D eigenvalue weighted by Crippen LogP contribution is -2.54. The Balaban J connectivity index is 0.00000200. The number of urea groups is 1. The second-order valence-electron chi connectivity index (χ2n) is 9.56. The van der Waals surface area contributed by atoms with Crippen LogP contribution in [0.3, 0.4) is 0 Å². The first-order chi connectivity index (χ1) is 17.6. The Morgan fingerprint density at radius 2 is 1.76 bits per heavy atom. The zero-order valence-corrected chi connectivity index (χ0v) is 24.2. The maximum absolute atomic E-state index is 12.2. The van der Waals surface area contributed by atoms with Crippen molar-refractivity contribution < 1.29 is 4.79 Å². The van der Waals surface area contributed by atoms with E-state index in [2.05, 4.69) is 25.7 Å². The van der Waals surface area contributed by atoms with Crippen molar-refractivity contribution in [2.75, 3.05) is 32.7 Å². The van der Waals surface area contributed by atoms with Crippen LogP contribution in [-0.2, 0) is 6.54 Å². The Bertz CT molecular complexity index is 1170. The van der Waals surface area contributed by atoms with Crippen LogP contribution in [0.1, 0.15) is 37.2 Å². The lowest BCUT2D eigenvalue weighted by atomic mass is 9.94. The summed E-state index contributed by atoms with van der Waals surface area (Å²) in [6, 6.07) is 16.3. The SMILES string of the molecule is Cl.Cl.O=C1NCCCN1C1CCN(CC[C@H](Cn2nnnc2-c2ccccc2)c2ccc(Cl)c(Cl)c2)CC1. The van der Waals surface area contributed by atoms with Crippen molar-refractivity contribution >= 4 is 54.0 Å². The molecule has 0 aliphatic carbocycles. The van der Waals surface area contributed by atoms with Gasteiger partial charge in [0.1, 0.15) is 0 Å². The van der Waals surface area contributed by atoms with E-state index >= 15 is 0 Å². The molecule has 12 heteroatoms. The number of hydrogen-bond acceptors (Lipinski definition) is 5. The fourth-order valence-electron chi connectivity index (χ4n) is 5.25. The normalized spacial score (nSPS) is 17.3. The molecule has 1 aromatic heterocycles. The van der Waals surface area contributed by atoms with Gasteiger partial charge in [-0.05, 0) is 60.4 Å². The molecule has 0 saturated carbocycles. The molecule has 0 bridgehead atoms.